The van der Waals surface area contributed by atoms with Gasteiger partial charge in [-0.15, -0.1) is 0 Å². The minimum atomic E-state index is -4.57. The summed E-state index contributed by atoms with van der Waals surface area (Å²) in [6.07, 6.45) is -7.93. The number of halogens is 7. The quantitative estimate of drug-likeness (QED) is 0.167. The van der Waals surface area contributed by atoms with Crippen molar-refractivity contribution in [1.29, 1.82) is 0 Å². The average molecular weight is 513 g/mol. The Labute approximate surface area is 200 Å². The van der Waals surface area contributed by atoms with Gasteiger partial charge in [0.25, 0.3) is 11.8 Å². The van der Waals surface area contributed by atoms with Gasteiger partial charge in [0.1, 0.15) is 5.57 Å². The van der Waals surface area contributed by atoms with Gasteiger partial charge in [-0.25, -0.2) is 0 Å². The van der Waals surface area contributed by atoms with Gasteiger partial charge in [-0.1, -0.05) is 23.7 Å². The number of hydrogen-bond donors (Lipinski definition) is 2. The number of hydrogen-bond acceptors (Lipinski definition) is 2. The molecule has 0 fully saturated rings. The zero-order chi connectivity index (χ0) is 25.8. The standard InChI is InChI=1S/C24H15ClF6N2O2/c25-17-7-1-14(2-8-17)13-20(21(34)32-18-9-3-15(4-10-18)23(26,27)28)22(35)33-19-11-5-16(6-12-19)24(29,30)31/h1-13H,(H,32,34)(H,33,35). The van der Waals surface area contributed by atoms with Crippen molar-refractivity contribution in [3.8, 4) is 0 Å². The molecule has 3 rings (SSSR count). The highest BCUT2D eigenvalue weighted by Gasteiger charge is 2.31. The summed E-state index contributed by atoms with van der Waals surface area (Å²) in [6.45, 7) is 0. The molecule has 3 aromatic rings. The fourth-order valence-electron chi connectivity index (χ4n) is 2.84. The van der Waals surface area contributed by atoms with Gasteiger partial charge in [-0.3, -0.25) is 9.59 Å². The number of nitrogens with one attached hydrogen (secondary N) is 2. The smallest absolute Gasteiger partial charge is 0.322 e. The van der Waals surface area contributed by atoms with E-state index in [2.05, 4.69) is 10.6 Å². The van der Waals surface area contributed by atoms with Gasteiger partial charge in [0.2, 0.25) is 0 Å². The maximum Gasteiger partial charge on any atom is 0.416 e. The molecule has 0 aromatic heterocycles. The Hall–Kier alpha value is -3.79. The Bertz CT molecular complexity index is 1160. The normalized spacial score (nSPS) is 11.5. The molecule has 11 heteroatoms. The van der Waals surface area contributed by atoms with Crippen LogP contribution in [0, 0.1) is 0 Å². The summed E-state index contributed by atoms with van der Waals surface area (Å²) < 4.78 is 76.6. The molecule has 3 aromatic carbocycles. The van der Waals surface area contributed by atoms with Crippen LogP contribution in [0.2, 0.25) is 5.02 Å². The maximum absolute atomic E-state index is 12.8. The second kappa shape index (κ2) is 10.2. The minimum absolute atomic E-state index is 0.00710. The molecule has 0 heterocycles. The van der Waals surface area contributed by atoms with E-state index in [1.165, 1.54) is 30.3 Å². The van der Waals surface area contributed by atoms with Crippen LogP contribution in [-0.4, -0.2) is 11.8 Å². The molecule has 0 saturated carbocycles. The summed E-state index contributed by atoms with van der Waals surface area (Å²) in [6, 6.07) is 13.2. The van der Waals surface area contributed by atoms with Crippen LogP contribution in [0.1, 0.15) is 16.7 Å². The average Bonchev–Trinajstić information content (AvgIpc) is 2.78. The molecule has 0 aliphatic rings. The van der Waals surface area contributed by atoms with Crippen LogP contribution in [0.3, 0.4) is 0 Å². The van der Waals surface area contributed by atoms with E-state index in [-0.39, 0.29) is 11.4 Å². The highest BCUT2D eigenvalue weighted by Crippen LogP contribution is 2.31. The molecule has 2 amide bonds. The van der Waals surface area contributed by atoms with E-state index in [1.54, 1.807) is 0 Å². The van der Waals surface area contributed by atoms with E-state index < -0.39 is 40.9 Å². The molecule has 0 aliphatic carbocycles. The molecule has 0 radical (unpaired) electrons. The number of rotatable bonds is 5. The molecule has 0 atom stereocenters. The Morgan fingerprint density at radius 1 is 0.629 bits per heavy atom. The molecule has 0 saturated heterocycles. The van der Waals surface area contributed by atoms with E-state index in [0.717, 1.165) is 48.5 Å². The van der Waals surface area contributed by atoms with Crippen molar-refractivity contribution < 1.29 is 35.9 Å². The van der Waals surface area contributed by atoms with Crippen molar-refractivity contribution in [3.05, 3.63) is 100 Å². The number of amides is 2. The molecule has 35 heavy (non-hydrogen) atoms. The monoisotopic (exact) mass is 512 g/mol. The van der Waals surface area contributed by atoms with Gasteiger partial charge in [0.15, 0.2) is 0 Å². The first kappa shape index (κ1) is 25.8. The minimum Gasteiger partial charge on any atom is -0.322 e. The van der Waals surface area contributed by atoms with Gasteiger partial charge in [-0.2, -0.15) is 26.3 Å². The van der Waals surface area contributed by atoms with Crippen molar-refractivity contribution in [3.63, 3.8) is 0 Å². The van der Waals surface area contributed by atoms with Gasteiger partial charge >= 0.3 is 12.4 Å². The Kier molecular flexibility index (Phi) is 7.54. The van der Waals surface area contributed by atoms with Gasteiger partial charge in [0.05, 0.1) is 11.1 Å². The summed E-state index contributed by atoms with van der Waals surface area (Å²) in [7, 11) is 0. The lowest BCUT2D eigenvalue weighted by molar-refractivity contribution is -0.138. The lowest BCUT2D eigenvalue weighted by Gasteiger charge is -2.12. The third kappa shape index (κ3) is 7.10. The van der Waals surface area contributed by atoms with Crippen LogP contribution in [0.5, 0.6) is 0 Å². The van der Waals surface area contributed by atoms with Crippen LogP contribution in [0.25, 0.3) is 6.08 Å². The third-order valence-electron chi connectivity index (χ3n) is 4.61. The zero-order valence-electron chi connectivity index (χ0n) is 17.5. The molecule has 0 unspecified atom stereocenters. The molecule has 0 aliphatic heterocycles. The highest BCUT2D eigenvalue weighted by molar-refractivity contribution is 6.31. The summed E-state index contributed by atoms with van der Waals surface area (Å²) in [5, 5.41) is 5.07. The fourth-order valence-corrected chi connectivity index (χ4v) is 2.97. The zero-order valence-corrected chi connectivity index (χ0v) is 18.2. The fraction of sp³-hybridized carbons (Fsp3) is 0.0833. The van der Waals surface area contributed by atoms with E-state index in [4.69, 9.17) is 11.6 Å². The third-order valence-corrected chi connectivity index (χ3v) is 4.86. The molecular formula is C24H15ClF6N2O2. The highest BCUT2D eigenvalue weighted by atomic mass is 35.5. The van der Waals surface area contributed by atoms with Crippen LogP contribution in [0.4, 0.5) is 37.7 Å². The first-order valence-electron chi connectivity index (χ1n) is 9.77. The first-order chi connectivity index (χ1) is 16.3. The molecule has 0 bridgehead atoms. The molecule has 2 N–H and O–H groups in total. The topological polar surface area (TPSA) is 58.2 Å². The molecule has 4 nitrogen and oxygen atoms in total. The SMILES string of the molecule is O=C(Nc1ccc(C(F)(F)F)cc1)C(=Cc1ccc(Cl)cc1)C(=O)Nc1ccc(C(F)(F)F)cc1. The van der Waals surface area contributed by atoms with Crippen LogP contribution in [0.15, 0.2) is 78.4 Å². The van der Waals surface area contributed by atoms with Crippen LogP contribution in [-0.2, 0) is 21.9 Å². The second-order valence-electron chi connectivity index (χ2n) is 7.17. The lowest BCUT2D eigenvalue weighted by Crippen LogP contribution is -2.25. The van der Waals surface area contributed by atoms with Crippen molar-refractivity contribution in [1.82, 2.24) is 0 Å². The number of alkyl halides is 6. The summed E-state index contributed by atoms with van der Waals surface area (Å²) >= 11 is 5.84. The lowest BCUT2D eigenvalue weighted by atomic mass is 10.1. The van der Waals surface area contributed by atoms with Crippen molar-refractivity contribution in [2.75, 3.05) is 10.6 Å². The van der Waals surface area contributed by atoms with Gasteiger partial charge in [-0.05, 0) is 72.3 Å². The van der Waals surface area contributed by atoms with E-state index in [1.807, 2.05) is 0 Å². The number of carbonyl (C=O) groups excluding carboxylic acids is 2. The molecule has 182 valence electrons. The van der Waals surface area contributed by atoms with E-state index in [9.17, 15) is 35.9 Å². The van der Waals surface area contributed by atoms with E-state index in [0.29, 0.717) is 10.6 Å². The second-order valence-corrected chi connectivity index (χ2v) is 7.60. The Morgan fingerprint density at radius 2 is 1.00 bits per heavy atom. The Morgan fingerprint density at radius 3 is 1.34 bits per heavy atom. The largest absolute Gasteiger partial charge is 0.416 e. The van der Waals surface area contributed by atoms with Crippen molar-refractivity contribution in [2.24, 2.45) is 0 Å². The summed E-state index contributed by atoms with van der Waals surface area (Å²) in [5.41, 5.74) is -1.92. The van der Waals surface area contributed by atoms with E-state index >= 15 is 0 Å². The summed E-state index contributed by atoms with van der Waals surface area (Å²) in [4.78, 5) is 25.7. The summed E-state index contributed by atoms with van der Waals surface area (Å²) in [5.74, 6) is -1.91. The Balaban J connectivity index is 1.86. The van der Waals surface area contributed by atoms with Crippen molar-refractivity contribution >= 4 is 40.9 Å². The maximum atomic E-state index is 12.8. The van der Waals surface area contributed by atoms with Crippen molar-refractivity contribution in [2.45, 2.75) is 12.4 Å². The number of anilines is 2. The van der Waals surface area contributed by atoms with Crippen LogP contribution >= 0.6 is 11.6 Å². The molecular weight excluding hydrogens is 498 g/mol. The first-order valence-corrected chi connectivity index (χ1v) is 10.2. The van der Waals surface area contributed by atoms with Crippen LogP contribution < -0.4 is 10.6 Å². The molecule has 0 spiro atoms. The predicted molar refractivity (Wildman–Crippen MR) is 120 cm³/mol. The van der Waals surface area contributed by atoms with Gasteiger partial charge < -0.3 is 10.6 Å². The number of benzene rings is 3. The van der Waals surface area contributed by atoms with Gasteiger partial charge in [0, 0.05) is 16.4 Å². The predicted octanol–water partition coefficient (Wildman–Crippen LogP) is 7.04. The number of carbonyl (C=O) groups is 2.